The number of carbonyl (C=O) groups excluding carboxylic acids is 1. The van der Waals surface area contributed by atoms with Crippen LogP contribution in [0.5, 0.6) is 0 Å². The van der Waals surface area contributed by atoms with Gasteiger partial charge in [-0.05, 0) is 13.0 Å². The van der Waals surface area contributed by atoms with Crippen molar-refractivity contribution in [2.24, 2.45) is 0 Å². The van der Waals surface area contributed by atoms with E-state index >= 15 is 0 Å². The fourth-order valence-corrected chi connectivity index (χ4v) is 1.41. The topological polar surface area (TPSA) is 146 Å². The van der Waals surface area contributed by atoms with E-state index in [1.807, 2.05) is 0 Å². The van der Waals surface area contributed by atoms with Crippen LogP contribution in [-0.2, 0) is 0 Å². The van der Waals surface area contributed by atoms with Crippen LogP contribution in [0.15, 0.2) is 18.5 Å². The van der Waals surface area contributed by atoms with Gasteiger partial charge in [0.15, 0.2) is 5.82 Å². The first-order valence-corrected chi connectivity index (χ1v) is 5.55. The fourth-order valence-electron chi connectivity index (χ4n) is 1.41. The first-order chi connectivity index (χ1) is 9.56. The van der Waals surface area contributed by atoms with Gasteiger partial charge in [0, 0.05) is 6.20 Å². The number of carboxylic acid groups (broad SMARTS) is 1. The molecule has 0 aliphatic carbocycles. The smallest absolute Gasteiger partial charge is 0.337 e. The summed E-state index contributed by atoms with van der Waals surface area (Å²) in [5, 5.41) is 27.0. The lowest BCUT2D eigenvalue weighted by Gasteiger charge is -2.11. The molecule has 2 amide bonds. The molecule has 10 heteroatoms. The maximum atomic E-state index is 11.7. The van der Waals surface area contributed by atoms with Crippen LogP contribution in [0.2, 0.25) is 0 Å². The molecule has 0 aliphatic heterocycles. The molecular formula is C10H11N7O3. The number of nitrogens with zero attached hydrogens (tertiary/aromatic N) is 4. The Balaban J connectivity index is 1.98. The SMILES string of the molecule is CC(NC(=O)Nc1cncc(C(=O)O)c1)c1nn[nH]n1. The van der Waals surface area contributed by atoms with Gasteiger partial charge >= 0.3 is 12.0 Å². The average Bonchev–Trinajstić information content (AvgIpc) is 2.92. The Morgan fingerprint density at radius 3 is 2.85 bits per heavy atom. The van der Waals surface area contributed by atoms with Gasteiger partial charge in [-0.25, -0.2) is 9.59 Å². The van der Waals surface area contributed by atoms with E-state index < -0.39 is 18.0 Å². The lowest BCUT2D eigenvalue weighted by atomic mass is 10.2. The largest absolute Gasteiger partial charge is 0.478 e. The highest BCUT2D eigenvalue weighted by atomic mass is 16.4. The van der Waals surface area contributed by atoms with E-state index in [1.165, 1.54) is 18.5 Å². The van der Waals surface area contributed by atoms with E-state index in [4.69, 9.17) is 5.11 Å². The Morgan fingerprint density at radius 1 is 1.40 bits per heavy atom. The number of hydrogen-bond donors (Lipinski definition) is 4. The number of nitrogens with one attached hydrogen (secondary N) is 3. The quantitative estimate of drug-likeness (QED) is 0.623. The first kappa shape index (κ1) is 13.4. The minimum atomic E-state index is -1.12. The summed E-state index contributed by atoms with van der Waals surface area (Å²) < 4.78 is 0. The van der Waals surface area contributed by atoms with Gasteiger partial charge in [-0.1, -0.05) is 5.21 Å². The van der Waals surface area contributed by atoms with Gasteiger partial charge in [-0.15, -0.1) is 10.2 Å². The second-order valence-corrected chi connectivity index (χ2v) is 3.86. The molecule has 0 fully saturated rings. The molecule has 0 saturated carbocycles. The molecule has 1 unspecified atom stereocenters. The van der Waals surface area contributed by atoms with Crippen LogP contribution in [0.1, 0.15) is 29.1 Å². The van der Waals surface area contributed by atoms with Crippen LogP contribution in [-0.4, -0.2) is 42.7 Å². The van der Waals surface area contributed by atoms with E-state index in [9.17, 15) is 9.59 Å². The number of pyridine rings is 1. The molecule has 4 N–H and O–H groups in total. The Hall–Kier alpha value is -3.04. The standard InChI is InChI=1S/C10H11N7O3/c1-5(8-14-16-17-15-8)12-10(20)13-7-2-6(9(18)19)3-11-4-7/h2-5H,1H3,(H,18,19)(H2,12,13,20)(H,14,15,16,17). The van der Waals surface area contributed by atoms with Crippen molar-refractivity contribution in [3.05, 3.63) is 29.8 Å². The van der Waals surface area contributed by atoms with Gasteiger partial charge in [0.1, 0.15) is 0 Å². The molecule has 2 rings (SSSR count). The van der Waals surface area contributed by atoms with Crippen molar-refractivity contribution >= 4 is 17.7 Å². The third-order valence-electron chi connectivity index (χ3n) is 2.34. The summed E-state index contributed by atoms with van der Waals surface area (Å²) in [5.41, 5.74) is 0.247. The summed E-state index contributed by atoms with van der Waals surface area (Å²) in [6, 6.07) is 0.310. The Morgan fingerprint density at radius 2 is 2.20 bits per heavy atom. The molecule has 2 aromatic rings. The highest BCUT2D eigenvalue weighted by Gasteiger charge is 2.14. The van der Waals surface area contributed by atoms with Gasteiger partial charge in [0.25, 0.3) is 0 Å². The molecule has 10 nitrogen and oxygen atoms in total. The van der Waals surface area contributed by atoms with Crippen molar-refractivity contribution in [2.75, 3.05) is 5.32 Å². The van der Waals surface area contributed by atoms with E-state index in [1.54, 1.807) is 6.92 Å². The lowest BCUT2D eigenvalue weighted by Crippen LogP contribution is -2.31. The maximum absolute atomic E-state index is 11.7. The fraction of sp³-hybridized carbons (Fsp3) is 0.200. The number of urea groups is 1. The molecule has 104 valence electrons. The van der Waals surface area contributed by atoms with Crippen molar-refractivity contribution in [1.29, 1.82) is 0 Å². The van der Waals surface area contributed by atoms with Crippen LogP contribution in [0.25, 0.3) is 0 Å². The van der Waals surface area contributed by atoms with Crippen LogP contribution in [0.4, 0.5) is 10.5 Å². The summed E-state index contributed by atoms with van der Waals surface area (Å²) in [6.45, 7) is 1.68. The number of aromatic nitrogens is 5. The zero-order valence-electron chi connectivity index (χ0n) is 10.4. The third kappa shape index (κ3) is 3.25. The van der Waals surface area contributed by atoms with Crippen LogP contribution >= 0.6 is 0 Å². The Kier molecular flexibility index (Phi) is 3.84. The molecule has 2 aromatic heterocycles. The van der Waals surface area contributed by atoms with E-state index in [-0.39, 0.29) is 11.3 Å². The number of aromatic amines is 1. The number of anilines is 1. The summed E-state index contributed by atoms with van der Waals surface area (Å²) >= 11 is 0. The van der Waals surface area contributed by atoms with Crippen LogP contribution in [0, 0.1) is 0 Å². The minimum absolute atomic E-state index is 0.0194. The van der Waals surface area contributed by atoms with E-state index in [0.29, 0.717) is 5.82 Å². The zero-order valence-corrected chi connectivity index (χ0v) is 10.4. The summed E-state index contributed by atoms with van der Waals surface area (Å²) in [5.74, 6) is -0.792. The van der Waals surface area contributed by atoms with Crippen LogP contribution in [0.3, 0.4) is 0 Å². The number of tetrazole rings is 1. The number of amides is 2. The number of carboxylic acids is 1. The second kappa shape index (κ2) is 5.73. The molecule has 0 spiro atoms. The molecular weight excluding hydrogens is 266 g/mol. The Labute approximate surface area is 112 Å². The number of hydrogen-bond acceptors (Lipinski definition) is 6. The molecule has 0 saturated heterocycles. The van der Waals surface area contributed by atoms with Crippen molar-refractivity contribution < 1.29 is 14.7 Å². The molecule has 0 bridgehead atoms. The molecule has 0 aliphatic rings. The van der Waals surface area contributed by atoms with Gasteiger partial charge in [0.2, 0.25) is 0 Å². The highest BCUT2D eigenvalue weighted by molar-refractivity contribution is 5.92. The minimum Gasteiger partial charge on any atom is -0.478 e. The summed E-state index contributed by atoms with van der Waals surface area (Å²) in [7, 11) is 0. The van der Waals surface area contributed by atoms with Crippen molar-refractivity contribution in [2.45, 2.75) is 13.0 Å². The van der Waals surface area contributed by atoms with Crippen molar-refractivity contribution in [1.82, 2.24) is 30.9 Å². The van der Waals surface area contributed by atoms with E-state index in [0.717, 1.165) is 0 Å². The number of carbonyl (C=O) groups is 2. The average molecular weight is 277 g/mol. The first-order valence-electron chi connectivity index (χ1n) is 5.55. The van der Waals surface area contributed by atoms with Gasteiger partial charge in [0.05, 0.1) is 23.5 Å². The molecule has 20 heavy (non-hydrogen) atoms. The third-order valence-corrected chi connectivity index (χ3v) is 2.34. The van der Waals surface area contributed by atoms with Gasteiger partial charge < -0.3 is 15.7 Å². The monoisotopic (exact) mass is 277 g/mol. The molecule has 0 radical (unpaired) electrons. The van der Waals surface area contributed by atoms with Crippen LogP contribution < -0.4 is 10.6 Å². The zero-order chi connectivity index (χ0) is 14.5. The van der Waals surface area contributed by atoms with Gasteiger partial charge in [-0.3, -0.25) is 4.98 Å². The summed E-state index contributed by atoms with van der Waals surface area (Å²) in [4.78, 5) is 26.2. The molecule has 1 atom stereocenters. The maximum Gasteiger partial charge on any atom is 0.337 e. The predicted molar refractivity (Wildman–Crippen MR) is 65.9 cm³/mol. The van der Waals surface area contributed by atoms with Crippen molar-refractivity contribution in [3.8, 4) is 0 Å². The highest BCUT2D eigenvalue weighted by Crippen LogP contribution is 2.09. The summed E-state index contributed by atoms with van der Waals surface area (Å²) in [6.07, 6.45) is 2.53. The number of rotatable bonds is 4. The van der Waals surface area contributed by atoms with E-state index in [2.05, 4.69) is 36.2 Å². The number of H-pyrrole nitrogens is 1. The molecule has 2 heterocycles. The Bertz CT molecular complexity index is 613. The second-order valence-electron chi connectivity index (χ2n) is 3.86. The lowest BCUT2D eigenvalue weighted by molar-refractivity contribution is 0.0696. The molecule has 0 aromatic carbocycles. The number of aromatic carboxylic acids is 1. The normalized spacial score (nSPS) is 11.7. The van der Waals surface area contributed by atoms with Crippen molar-refractivity contribution in [3.63, 3.8) is 0 Å². The predicted octanol–water partition coefficient (Wildman–Crippen LogP) is 0.176. The van der Waals surface area contributed by atoms with Gasteiger partial charge in [-0.2, -0.15) is 5.21 Å².